The molecule has 0 saturated carbocycles. The quantitative estimate of drug-likeness (QED) is 0.659. The summed E-state index contributed by atoms with van der Waals surface area (Å²) in [6.45, 7) is 5.47. The van der Waals surface area contributed by atoms with E-state index in [1.807, 2.05) is 19.1 Å². The van der Waals surface area contributed by atoms with E-state index in [2.05, 4.69) is 30.2 Å². The van der Waals surface area contributed by atoms with Crippen molar-refractivity contribution in [1.29, 1.82) is 0 Å². The standard InChI is InChI=1S/C19H22N6O3/c1-12-10-16(18-21-13(2)28-24-18)22-23-19(12)25-8-6-14(7-9-25)27-15-4-5-17(26-3)20-11-15/h4-5,10-11,14H,6-9H2,1-3H3. The molecule has 1 aliphatic rings. The van der Waals surface area contributed by atoms with Crippen LogP contribution in [0.4, 0.5) is 5.82 Å². The normalized spacial score (nSPS) is 14.9. The van der Waals surface area contributed by atoms with Crippen molar-refractivity contribution >= 4 is 5.82 Å². The summed E-state index contributed by atoms with van der Waals surface area (Å²) in [7, 11) is 1.60. The van der Waals surface area contributed by atoms with Crippen molar-refractivity contribution in [1.82, 2.24) is 25.3 Å². The van der Waals surface area contributed by atoms with Crippen molar-refractivity contribution in [3.8, 4) is 23.1 Å². The van der Waals surface area contributed by atoms with Gasteiger partial charge in [0.05, 0.1) is 13.3 Å². The van der Waals surface area contributed by atoms with Crippen molar-refractivity contribution in [3.63, 3.8) is 0 Å². The van der Waals surface area contributed by atoms with Crippen molar-refractivity contribution in [2.45, 2.75) is 32.8 Å². The molecule has 28 heavy (non-hydrogen) atoms. The third kappa shape index (κ3) is 3.88. The summed E-state index contributed by atoms with van der Waals surface area (Å²) in [4.78, 5) is 10.6. The minimum Gasteiger partial charge on any atom is -0.489 e. The molecule has 146 valence electrons. The summed E-state index contributed by atoms with van der Waals surface area (Å²) >= 11 is 0. The lowest BCUT2D eigenvalue weighted by Gasteiger charge is -2.33. The van der Waals surface area contributed by atoms with Gasteiger partial charge in [0, 0.05) is 38.9 Å². The van der Waals surface area contributed by atoms with E-state index >= 15 is 0 Å². The van der Waals surface area contributed by atoms with E-state index < -0.39 is 0 Å². The first-order valence-corrected chi connectivity index (χ1v) is 9.19. The van der Waals surface area contributed by atoms with Gasteiger partial charge in [0.1, 0.15) is 17.5 Å². The smallest absolute Gasteiger partial charge is 0.223 e. The third-order valence-corrected chi connectivity index (χ3v) is 4.68. The molecule has 9 heteroatoms. The first-order chi connectivity index (χ1) is 13.6. The Morgan fingerprint density at radius 1 is 1.14 bits per heavy atom. The Kier molecular flexibility index (Phi) is 5.05. The van der Waals surface area contributed by atoms with Gasteiger partial charge in [0.2, 0.25) is 17.6 Å². The number of rotatable bonds is 5. The molecule has 0 aliphatic carbocycles. The van der Waals surface area contributed by atoms with Crippen molar-refractivity contribution in [2.24, 2.45) is 0 Å². The van der Waals surface area contributed by atoms with Gasteiger partial charge in [-0.2, -0.15) is 4.98 Å². The van der Waals surface area contributed by atoms with Crippen molar-refractivity contribution in [2.75, 3.05) is 25.1 Å². The Bertz CT molecular complexity index is 935. The second-order valence-electron chi connectivity index (χ2n) is 6.71. The first kappa shape index (κ1) is 18.1. The molecule has 3 aromatic heterocycles. The Balaban J connectivity index is 1.38. The monoisotopic (exact) mass is 382 g/mol. The molecule has 0 N–H and O–H groups in total. The SMILES string of the molecule is COc1ccc(OC2CCN(c3nnc(-c4noc(C)n4)cc3C)CC2)cn1. The van der Waals surface area contributed by atoms with Crippen LogP contribution in [0.5, 0.6) is 11.6 Å². The predicted octanol–water partition coefficient (Wildman–Crippen LogP) is 2.59. The molecule has 0 spiro atoms. The lowest BCUT2D eigenvalue weighted by molar-refractivity contribution is 0.169. The van der Waals surface area contributed by atoms with E-state index in [1.54, 1.807) is 26.3 Å². The van der Waals surface area contributed by atoms with Gasteiger partial charge in [-0.15, -0.1) is 10.2 Å². The van der Waals surface area contributed by atoms with Crippen molar-refractivity contribution < 1.29 is 14.0 Å². The summed E-state index contributed by atoms with van der Waals surface area (Å²) in [6.07, 6.45) is 3.65. The second kappa shape index (κ2) is 7.79. The summed E-state index contributed by atoms with van der Waals surface area (Å²) in [5.41, 5.74) is 1.65. The maximum absolute atomic E-state index is 6.04. The van der Waals surface area contributed by atoms with Crippen LogP contribution < -0.4 is 14.4 Å². The number of hydrogen-bond acceptors (Lipinski definition) is 9. The maximum Gasteiger partial charge on any atom is 0.223 e. The molecule has 3 aromatic rings. The molecule has 4 heterocycles. The number of hydrogen-bond donors (Lipinski definition) is 0. The van der Waals surface area contributed by atoms with Crippen LogP contribution in [0.25, 0.3) is 11.5 Å². The number of methoxy groups -OCH3 is 1. The number of nitrogens with zero attached hydrogens (tertiary/aromatic N) is 6. The third-order valence-electron chi connectivity index (χ3n) is 4.68. The Morgan fingerprint density at radius 3 is 2.57 bits per heavy atom. The van der Waals surface area contributed by atoms with Gasteiger partial charge < -0.3 is 18.9 Å². The molecular formula is C19H22N6O3. The summed E-state index contributed by atoms with van der Waals surface area (Å²) in [6, 6.07) is 5.63. The Morgan fingerprint density at radius 2 is 1.96 bits per heavy atom. The number of aryl methyl sites for hydroxylation is 2. The van der Waals surface area contributed by atoms with Gasteiger partial charge in [0.15, 0.2) is 5.82 Å². The lowest BCUT2D eigenvalue weighted by atomic mass is 10.1. The molecule has 0 aromatic carbocycles. The van der Waals surface area contributed by atoms with Crippen LogP contribution >= 0.6 is 0 Å². The predicted molar refractivity (Wildman–Crippen MR) is 101 cm³/mol. The van der Waals surface area contributed by atoms with Gasteiger partial charge in [-0.05, 0) is 24.6 Å². The minimum atomic E-state index is 0.154. The summed E-state index contributed by atoms with van der Waals surface area (Å²) in [5.74, 6) is 3.19. The fourth-order valence-electron chi connectivity index (χ4n) is 3.24. The van der Waals surface area contributed by atoms with Crippen LogP contribution in [-0.2, 0) is 0 Å². The zero-order valence-corrected chi connectivity index (χ0v) is 16.1. The van der Waals surface area contributed by atoms with E-state index in [4.69, 9.17) is 14.0 Å². The highest BCUT2D eigenvalue weighted by Crippen LogP contribution is 2.26. The molecule has 0 atom stereocenters. The van der Waals surface area contributed by atoms with Crippen molar-refractivity contribution in [3.05, 3.63) is 35.9 Å². The number of ether oxygens (including phenoxy) is 2. The second-order valence-corrected chi connectivity index (χ2v) is 6.71. The van der Waals surface area contributed by atoms with Crippen LogP contribution in [0.1, 0.15) is 24.3 Å². The minimum absolute atomic E-state index is 0.154. The van der Waals surface area contributed by atoms with E-state index in [0.29, 0.717) is 23.3 Å². The van der Waals surface area contributed by atoms with E-state index in [0.717, 1.165) is 43.1 Å². The highest BCUT2D eigenvalue weighted by atomic mass is 16.5. The molecule has 0 radical (unpaired) electrons. The molecule has 1 fully saturated rings. The molecule has 0 amide bonds. The van der Waals surface area contributed by atoms with Gasteiger partial charge in [-0.1, -0.05) is 5.16 Å². The Labute approximate surface area is 162 Å². The molecule has 4 rings (SSSR count). The maximum atomic E-state index is 6.04. The number of pyridine rings is 1. The van der Waals surface area contributed by atoms with E-state index in [1.165, 1.54) is 0 Å². The zero-order valence-electron chi connectivity index (χ0n) is 16.1. The molecule has 1 saturated heterocycles. The van der Waals surface area contributed by atoms with Crippen LogP contribution in [0.3, 0.4) is 0 Å². The molecule has 1 aliphatic heterocycles. The number of anilines is 1. The van der Waals surface area contributed by atoms with Crippen LogP contribution in [0.15, 0.2) is 28.9 Å². The fraction of sp³-hybridized carbons (Fsp3) is 0.421. The number of piperidine rings is 1. The fourth-order valence-corrected chi connectivity index (χ4v) is 3.24. The van der Waals surface area contributed by atoms with Crippen LogP contribution in [-0.4, -0.2) is 51.6 Å². The molecule has 0 bridgehead atoms. The van der Waals surface area contributed by atoms with E-state index in [-0.39, 0.29) is 6.10 Å². The highest BCUT2D eigenvalue weighted by molar-refractivity contribution is 5.55. The molecule has 0 unspecified atom stereocenters. The van der Waals surface area contributed by atoms with Crippen LogP contribution in [0.2, 0.25) is 0 Å². The highest BCUT2D eigenvalue weighted by Gasteiger charge is 2.23. The van der Waals surface area contributed by atoms with E-state index in [9.17, 15) is 0 Å². The van der Waals surface area contributed by atoms with Gasteiger partial charge in [-0.3, -0.25) is 0 Å². The zero-order chi connectivity index (χ0) is 19.5. The average Bonchev–Trinajstić information content (AvgIpc) is 3.16. The molecular weight excluding hydrogens is 360 g/mol. The lowest BCUT2D eigenvalue weighted by Crippen LogP contribution is -2.39. The van der Waals surface area contributed by atoms with Crippen LogP contribution in [0, 0.1) is 13.8 Å². The Hall–Kier alpha value is -3.23. The largest absolute Gasteiger partial charge is 0.489 e. The topological polar surface area (TPSA) is 99.3 Å². The van der Waals surface area contributed by atoms with Gasteiger partial charge in [0.25, 0.3) is 0 Å². The summed E-state index contributed by atoms with van der Waals surface area (Å²) in [5, 5.41) is 12.6. The average molecular weight is 382 g/mol. The first-order valence-electron chi connectivity index (χ1n) is 9.19. The van der Waals surface area contributed by atoms with Gasteiger partial charge >= 0.3 is 0 Å². The number of aromatic nitrogens is 5. The summed E-state index contributed by atoms with van der Waals surface area (Å²) < 4.78 is 16.1. The molecule has 9 nitrogen and oxygen atoms in total. The van der Waals surface area contributed by atoms with Gasteiger partial charge in [-0.25, -0.2) is 4.98 Å².